The molecule has 0 radical (unpaired) electrons. The van der Waals surface area contributed by atoms with Crippen LogP contribution in [0.4, 0.5) is 0 Å². The van der Waals surface area contributed by atoms with Crippen LogP contribution in [0.2, 0.25) is 0 Å². The molecular weight excluding hydrogens is 372 g/mol. The van der Waals surface area contributed by atoms with Gasteiger partial charge in [-0.15, -0.1) is 11.3 Å². The summed E-state index contributed by atoms with van der Waals surface area (Å²) in [5.74, 6) is 2.76. The summed E-state index contributed by atoms with van der Waals surface area (Å²) in [5.41, 5.74) is 2.75. The Morgan fingerprint density at radius 2 is 2.11 bits per heavy atom. The average Bonchev–Trinajstić information content (AvgIpc) is 3.09. The van der Waals surface area contributed by atoms with E-state index < -0.39 is 0 Å². The number of carbonyl (C=O) groups excluding carboxylic acids is 1. The second kappa shape index (κ2) is 6.84. The van der Waals surface area contributed by atoms with Crippen LogP contribution in [0.3, 0.4) is 0 Å². The van der Waals surface area contributed by atoms with Gasteiger partial charge in [0.25, 0.3) is 5.91 Å². The van der Waals surface area contributed by atoms with E-state index in [1.807, 2.05) is 30.2 Å². The Morgan fingerprint density at radius 3 is 2.86 bits per heavy atom. The van der Waals surface area contributed by atoms with Crippen molar-refractivity contribution in [3.63, 3.8) is 0 Å². The highest BCUT2D eigenvalue weighted by Crippen LogP contribution is 2.38. The van der Waals surface area contributed by atoms with Gasteiger partial charge in [0.15, 0.2) is 11.0 Å². The predicted molar refractivity (Wildman–Crippen MR) is 107 cm³/mol. The molecule has 1 atom stereocenters. The first-order chi connectivity index (χ1) is 13.6. The highest BCUT2D eigenvalue weighted by molar-refractivity contribution is 7.12. The molecule has 3 aromatic heterocycles. The molecule has 7 nitrogen and oxygen atoms in total. The van der Waals surface area contributed by atoms with Gasteiger partial charge in [-0.2, -0.15) is 5.10 Å². The first-order valence-electron chi connectivity index (χ1n) is 9.92. The third-order valence-electron chi connectivity index (χ3n) is 5.83. The number of H-pyrrole nitrogens is 1. The van der Waals surface area contributed by atoms with Gasteiger partial charge in [-0.25, -0.2) is 9.97 Å². The summed E-state index contributed by atoms with van der Waals surface area (Å²) in [6, 6.07) is 1.99. The van der Waals surface area contributed by atoms with Crippen molar-refractivity contribution in [2.24, 2.45) is 0 Å². The maximum atomic E-state index is 13.3. The maximum absolute atomic E-state index is 13.3. The number of rotatable bonds is 4. The highest BCUT2D eigenvalue weighted by atomic mass is 32.1. The zero-order chi connectivity index (χ0) is 19.3. The molecule has 1 aliphatic heterocycles. The predicted octanol–water partition coefficient (Wildman–Crippen LogP) is 3.57. The normalized spacial score (nSPS) is 19.9. The fourth-order valence-corrected chi connectivity index (χ4v) is 4.90. The Bertz CT molecular complexity index is 1000. The number of hydrogen-bond acceptors (Lipinski definition) is 5. The quantitative estimate of drug-likeness (QED) is 0.731. The van der Waals surface area contributed by atoms with Crippen molar-refractivity contribution >= 4 is 17.2 Å². The van der Waals surface area contributed by atoms with Gasteiger partial charge in [0.05, 0.1) is 5.56 Å². The van der Waals surface area contributed by atoms with Crippen molar-refractivity contribution in [2.45, 2.75) is 51.4 Å². The van der Waals surface area contributed by atoms with Crippen molar-refractivity contribution in [2.75, 3.05) is 13.1 Å². The molecule has 2 fully saturated rings. The third kappa shape index (κ3) is 3.05. The van der Waals surface area contributed by atoms with Gasteiger partial charge >= 0.3 is 0 Å². The van der Waals surface area contributed by atoms with E-state index in [4.69, 9.17) is 4.98 Å². The monoisotopic (exact) mass is 396 g/mol. The number of hydrogen-bond donors (Lipinski definition) is 1. The van der Waals surface area contributed by atoms with Crippen LogP contribution in [0.25, 0.3) is 5.13 Å². The van der Waals surface area contributed by atoms with Gasteiger partial charge in [-0.05, 0) is 45.6 Å². The number of aromatic nitrogens is 5. The second-order valence-corrected chi connectivity index (χ2v) is 8.75. The van der Waals surface area contributed by atoms with Crippen LogP contribution in [0.15, 0.2) is 17.6 Å². The molecule has 1 N–H and O–H groups in total. The van der Waals surface area contributed by atoms with Crippen molar-refractivity contribution in [1.29, 1.82) is 0 Å². The molecule has 3 aromatic rings. The molecule has 1 saturated carbocycles. The number of aromatic amines is 1. The van der Waals surface area contributed by atoms with Gasteiger partial charge in [-0.3, -0.25) is 14.5 Å². The standard InChI is InChI=1S/C20H24N6OS/c1-12-10-16(13(2)26(12)20-21-7-9-28-20)19(27)25-8-3-4-15(11-25)18-22-17(23-24-18)14-5-6-14/h7,9-10,14-15H,3-6,8,11H2,1-2H3,(H,22,23,24)/t15-/m0/s1. The van der Waals surface area contributed by atoms with E-state index in [-0.39, 0.29) is 11.8 Å². The maximum Gasteiger partial charge on any atom is 0.255 e. The molecule has 146 valence electrons. The van der Waals surface area contributed by atoms with Crippen LogP contribution in [0, 0.1) is 13.8 Å². The Labute approximate surface area is 167 Å². The average molecular weight is 397 g/mol. The molecule has 1 saturated heterocycles. The zero-order valence-electron chi connectivity index (χ0n) is 16.2. The molecule has 8 heteroatoms. The van der Waals surface area contributed by atoms with E-state index in [9.17, 15) is 4.79 Å². The van der Waals surface area contributed by atoms with E-state index in [1.165, 1.54) is 12.8 Å². The number of amides is 1. The van der Waals surface area contributed by atoms with Gasteiger partial charge < -0.3 is 4.90 Å². The van der Waals surface area contributed by atoms with Gasteiger partial charge in [-0.1, -0.05) is 0 Å². The molecule has 28 heavy (non-hydrogen) atoms. The van der Waals surface area contributed by atoms with Gasteiger partial charge in [0, 0.05) is 47.9 Å². The second-order valence-electron chi connectivity index (χ2n) is 7.88. The minimum absolute atomic E-state index is 0.0959. The number of piperidine rings is 1. The zero-order valence-corrected chi connectivity index (χ0v) is 17.0. The number of aryl methyl sites for hydroxylation is 1. The lowest BCUT2D eigenvalue weighted by atomic mass is 9.96. The lowest BCUT2D eigenvalue weighted by Gasteiger charge is -2.31. The van der Waals surface area contributed by atoms with E-state index in [1.54, 1.807) is 17.5 Å². The van der Waals surface area contributed by atoms with Crippen LogP contribution in [-0.4, -0.2) is 48.6 Å². The van der Waals surface area contributed by atoms with Crippen LogP contribution >= 0.6 is 11.3 Å². The summed E-state index contributed by atoms with van der Waals surface area (Å²) in [4.78, 5) is 24.4. The minimum Gasteiger partial charge on any atom is -0.338 e. The first-order valence-corrected chi connectivity index (χ1v) is 10.8. The lowest BCUT2D eigenvalue weighted by molar-refractivity contribution is 0.0704. The van der Waals surface area contributed by atoms with Crippen molar-refractivity contribution in [1.82, 2.24) is 29.6 Å². The van der Waals surface area contributed by atoms with Crippen LogP contribution in [-0.2, 0) is 0 Å². The topological polar surface area (TPSA) is 79.7 Å². The molecular formula is C20H24N6OS. The molecule has 2 aliphatic rings. The number of likely N-dealkylation sites (tertiary alicyclic amines) is 1. The molecule has 0 bridgehead atoms. The Kier molecular flexibility index (Phi) is 4.30. The minimum atomic E-state index is 0.0959. The molecule has 0 spiro atoms. The summed E-state index contributed by atoms with van der Waals surface area (Å²) >= 11 is 1.58. The third-order valence-corrected chi connectivity index (χ3v) is 6.59. The smallest absolute Gasteiger partial charge is 0.255 e. The molecule has 5 rings (SSSR count). The Balaban J connectivity index is 1.37. The largest absolute Gasteiger partial charge is 0.338 e. The van der Waals surface area contributed by atoms with Gasteiger partial charge in [0.1, 0.15) is 5.82 Å². The summed E-state index contributed by atoms with van der Waals surface area (Å²) in [5, 5.41) is 10.4. The summed E-state index contributed by atoms with van der Waals surface area (Å²) in [6.45, 7) is 5.50. The molecule has 0 aromatic carbocycles. The van der Waals surface area contributed by atoms with Crippen molar-refractivity contribution < 1.29 is 4.79 Å². The summed E-state index contributed by atoms with van der Waals surface area (Å²) in [7, 11) is 0. The fraction of sp³-hybridized carbons (Fsp3) is 0.500. The number of nitrogens with one attached hydrogen (secondary N) is 1. The Hall–Kier alpha value is -2.48. The number of thiazole rings is 1. The van der Waals surface area contributed by atoms with Crippen molar-refractivity contribution in [3.8, 4) is 5.13 Å². The number of nitrogens with zero attached hydrogens (tertiary/aromatic N) is 5. The van der Waals surface area contributed by atoms with E-state index in [0.29, 0.717) is 12.5 Å². The van der Waals surface area contributed by atoms with Crippen molar-refractivity contribution in [3.05, 3.63) is 46.2 Å². The van der Waals surface area contributed by atoms with Crippen LogP contribution in [0.5, 0.6) is 0 Å². The number of carbonyl (C=O) groups is 1. The SMILES string of the molecule is Cc1cc(C(=O)N2CCC[C@H](c3n[nH]c(C4CC4)n3)C2)c(C)n1-c1nccs1. The van der Waals surface area contributed by atoms with Gasteiger partial charge in [0.2, 0.25) is 0 Å². The van der Waals surface area contributed by atoms with Crippen LogP contribution < -0.4 is 0 Å². The first kappa shape index (κ1) is 17.6. The molecule has 1 aliphatic carbocycles. The molecule has 4 heterocycles. The van der Waals surface area contributed by atoms with E-state index in [2.05, 4.69) is 19.7 Å². The fourth-order valence-electron chi connectivity index (χ4n) is 4.15. The van der Waals surface area contributed by atoms with E-state index >= 15 is 0 Å². The molecule has 0 unspecified atom stereocenters. The highest BCUT2D eigenvalue weighted by Gasteiger charge is 2.32. The Morgan fingerprint density at radius 1 is 1.25 bits per heavy atom. The summed E-state index contributed by atoms with van der Waals surface area (Å²) < 4.78 is 2.07. The van der Waals surface area contributed by atoms with E-state index in [0.717, 1.165) is 53.1 Å². The van der Waals surface area contributed by atoms with Crippen LogP contribution in [0.1, 0.15) is 70.9 Å². The lowest BCUT2D eigenvalue weighted by Crippen LogP contribution is -2.39. The molecule has 1 amide bonds. The summed E-state index contributed by atoms with van der Waals surface area (Å²) in [6.07, 6.45) is 6.22.